The van der Waals surface area contributed by atoms with Crippen LogP contribution >= 0.6 is 43.6 Å². The summed E-state index contributed by atoms with van der Waals surface area (Å²) in [5.41, 5.74) is 0.623. The summed E-state index contributed by atoms with van der Waals surface area (Å²) in [5, 5.41) is -0.514. The Morgan fingerprint density at radius 1 is 1.30 bits per heavy atom. The lowest BCUT2D eigenvalue weighted by atomic mass is 10.2. The number of nitrogens with zero attached hydrogens (tertiary/aromatic N) is 1. The Balaban J connectivity index is 2.36. The normalized spacial score (nSPS) is 16.2. The molecule has 0 N–H and O–H groups in total. The van der Waals surface area contributed by atoms with Gasteiger partial charge in [-0.1, -0.05) is 15.9 Å². The SMILES string of the molecule is COC(=O)CN1C(=O)S/C(=C/c2cc(Br)cc(Br)c2OC)C1=O. The van der Waals surface area contributed by atoms with E-state index >= 15 is 0 Å². The van der Waals surface area contributed by atoms with Crippen molar-refractivity contribution < 1.29 is 23.9 Å². The fraction of sp³-hybridized carbons (Fsp3) is 0.214. The minimum Gasteiger partial charge on any atom is -0.495 e. The molecule has 1 heterocycles. The minimum atomic E-state index is -0.656. The van der Waals surface area contributed by atoms with Crippen LogP contribution in [0.5, 0.6) is 5.75 Å². The number of methoxy groups -OCH3 is 2. The van der Waals surface area contributed by atoms with Crippen molar-refractivity contribution in [3.8, 4) is 5.75 Å². The molecule has 0 aliphatic carbocycles. The van der Waals surface area contributed by atoms with Gasteiger partial charge in [-0.15, -0.1) is 0 Å². The van der Waals surface area contributed by atoms with E-state index in [0.717, 1.165) is 21.1 Å². The molecule has 0 atom stereocenters. The summed E-state index contributed by atoms with van der Waals surface area (Å²) in [6.45, 7) is -0.405. The van der Waals surface area contributed by atoms with Gasteiger partial charge in [0.2, 0.25) is 0 Å². The molecule has 2 amide bonds. The Labute approximate surface area is 153 Å². The number of amides is 2. The van der Waals surface area contributed by atoms with Gasteiger partial charge in [0, 0.05) is 10.0 Å². The van der Waals surface area contributed by atoms with Crippen molar-refractivity contribution in [3.05, 3.63) is 31.5 Å². The molecule has 23 heavy (non-hydrogen) atoms. The Morgan fingerprint density at radius 3 is 2.61 bits per heavy atom. The van der Waals surface area contributed by atoms with E-state index in [1.165, 1.54) is 14.2 Å². The number of carbonyl (C=O) groups excluding carboxylic acids is 3. The van der Waals surface area contributed by atoms with Crippen LogP contribution in [0.4, 0.5) is 4.79 Å². The van der Waals surface area contributed by atoms with Crippen LogP contribution in [-0.4, -0.2) is 42.8 Å². The van der Waals surface area contributed by atoms with E-state index in [0.29, 0.717) is 15.8 Å². The van der Waals surface area contributed by atoms with E-state index in [1.54, 1.807) is 18.2 Å². The molecule has 0 saturated carbocycles. The highest BCUT2D eigenvalue weighted by molar-refractivity contribution is 9.11. The van der Waals surface area contributed by atoms with Gasteiger partial charge in [-0.2, -0.15) is 0 Å². The van der Waals surface area contributed by atoms with Gasteiger partial charge in [0.25, 0.3) is 11.1 Å². The van der Waals surface area contributed by atoms with E-state index in [-0.39, 0.29) is 4.91 Å². The third-order valence-corrected chi connectivity index (χ3v) is 4.87. The van der Waals surface area contributed by atoms with Crippen LogP contribution in [0.2, 0.25) is 0 Å². The number of benzene rings is 1. The molecule has 9 heteroatoms. The Morgan fingerprint density at radius 2 is 2.00 bits per heavy atom. The topological polar surface area (TPSA) is 72.9 Å². The highest BCUT2D eigenvalue weighted by atomic mass is 79.9. The second-order valence-electron chi connectivity index (χ2n) is 4.35. The van der Waals surface area contributed by atoms with Gasteiger partial charge < -0.3 is 9.47 Å². The fourth-order valence-electron chi connectivity index (χ4n) is 1.87. The first kappa shape index (κ1) is 18.0. The van der Waals surface area contributed by atoms with Crippen molar-refractivity contribution in [3.63, 3.8) is 0 Å². The molecule has 0 spiro atoms. The molecule has 2 rings (SSSR count). The zero-order valence-electron chi connectivity index (χ0n) is 12.1. The number of rotatable bonds is 4. The Kier molecular flexibility index (Phi) is 5.88. The van der Waals surface area contributed by atoms with Crippen LogP contribution in [0.15, 0.2) is 26.0 Å². The van der Waals surface area contributed by atoms with E-state index in [1.807, 2.05) is 0 Å². The highest BCUT2D eigenvalue weighted by Crippen LogP contribution is 2.37. The Bertz CT molecular complexity index is 719. The van der Waals surface area contributed by atoms with Crippen LogP contribution in [0.1, 0.15) is 5.56 Å². The monoisotopic (exact) mass is 463 g/mol. The molecule has 122 valence electrons. The van der Waals surface area contributed by atoms with Crippen molar-refractivity contribution in [2.75, 3.05) is 20.8 Å². The molecule has 1 saturated heterocycles. The minimum absolute atomic E-state index is 0.210. The smallest absolute Gasteiger partial charge is 0.325 e. The molecular weight excluding hydrogens is 454 g/mol. The second-order valence-corrected chi connectivity index (χ2v) is 7.12. The quantitative estimate of drug-likeness (QED) is 0.502. The summed E-state index contributed by atoms with van der Waals surface area (Å²) < 4.78 is 11.3. The third kappa shape index (κ3) is 3.96. The number of hydrogen-bond donors (Lipinski definition) is 0. The van der Waals surface area contributed by atoms with Crippen LogP contribution in [0.3, 0.4) is 0 Å². The average Bonchev–Trinajstić information content (AvgIpc) is 2.74. The zero-order valence-corrected chi connectivity index (χ0v) is 16.1. The van der Waals surface area contributed by atoms with Crippen molar-refractivity contribution in [2.24, 2.45) is 0 Å². The lowest BCUT2D eigenvalue weighted by molar-refractivity contribution is -0.143. The highest BCUT2D eigenvalue weighted by Gasteiger charge is 2.36. The van der Waals surface area contributed by atoms with E-state index < -0.39 is 23.7 Å². The second kappa shape index (κ2) is 7.50. The molecule has 1 aliphatic rings. The lowest BCUT2D eigenvalue weighted by Crippen LogP contribution is -2.34. The molecule has 1 aromatic rings. The van der Waals surface area contributed by atoms with E-state index in [9.17, 15) is 14.4 Å². The van der Waals surface area contributed by atoms with Gasteiger partial charge in [0.15, 0.2) is 0 Å². The van der Waals surface area contributed by atoms with Crippen molar-refractivity contribution in [1.82, 2.24) is 4.90 Å². The number of hydrogen-bond acceptors (Lipinski definition) is 6. The molecule has 1 aromatic carbocycles. The zero-order chi connectivity index (χ0) is 17.1. The first-order valence-electron chi connectivity index (χ1n) is 6.22. The molecule has 1 fully saturated rings. The molecule has 0 bridgehead atoms. The van der Waals surface area contributed by atoms with Crippen LogP contribution in [0, 0.1) is 0 Å². The molecular formula is C14H11Br2NO5S. The number of thioether (sulfide) groups is 1. The number of halogens is 2. The van der Waals surface area contributed by atoms with Gasteiger partial charge >= 0.3 is 5.97 Å². The largest absolute Gasteiger partial charge is 0.495 e. The summed E-state index contributed by atoms with van der Waals surface area (Å²) >= 11 is 7.50. The summed E-state index contributed by atoms with van der Waals surface area (Å²) in [6, 6.07) is 3.57. The summed E-state index contributed by atoms with van der Waals surface area (Å²) in [7, 11) is 2.70. The number of imide groups is 1. The maximum atomic E-state index is 12.3. The van der Waals surface area contributed by atoms with Crippen LogP contribution in [-0.2, 0) is 14.3 Å². The average molecular weight is 465 g/mol. The standard InChI is InChI=1S/C14H11Br2NO5S/c1-21-11(18)6-17-13(19)10(23-14(17)20)4-7-3-8(15)5-9(16)12(7)22-2/h3-5H,6H2,1-2H3/b10-4+. The molecule has 6 nitrogen and oxygen atoms in total. The number of ether oxygens (including phenoxy) is 2. The molecule has 0 aromatic heterocycles. The predicted octanol–water partition coefficient (Wildman–Crippen LogP) is 3.43. The number of esters is 1. The summed E-state index contributed by atoms with van der Waals surface area (Å²) in [5.74, 6) is -0.659. The van der Waals surface area contributed by atoms with Crippen molar-refractivity contribution >= 4 is 66.8 Å². The van der Waals surface area contributed by atoms with Crippen molar-refractivity contribution in [1.29, 1.82) is 0 Å². The first-order chi connectivity index (χ1) is 10.9. The van der Waals surface area contributed by atoms with E-state index in [2.05, 4.69) is 36.6 Å². The maximum Gasteiger partial charge on any atom is 0.325 e. The first-order valence-corrected chi connectivity index (χ1v) is 8.62. The summed E-state index contributed by atoms with van der Waals surface area (Å²) in [6.07, 6.45) is 1.55. The van der Waals surface area contributed by atoms with Crippen LogP contribution < -0.4 is 4.74 Å². The van der Waals surface area contributed by atoms with Gasteiger partial charge in [-0.3, -0.25) is 19.3 Å². The summed E-state index contributed by atoms with van der Waals surface area (Å²) in [4.78, 5) is 36.5. The molecule has 1 aliphatic heterocycles. The van der Waals surface area contributed by atoms with Gasteiger partial charge in [-0.25, -0.2) is 0 Å². The fourth-order valence-corrected chi connectivity index (χ4v) is 4.12. The number of carbonyl (C=O) groups is 3. The van der Waals surface area contributed by atoms with Gasteiger partial charge in [-0.05, 0) is 45.9 Å². The van der Waals surface area contributed by atoms with Crippen molar-refractivity contribution in [2.45, 2.75) is 0 Å². The van der Waals surface area contributed by atoms with E-state index in [4.69, 9.17) is 4.74 Å². The van der Waals surface area contributed by atoms with Gasteiger partial charge in [0.05, 0.1) is 23.6 Å². The van der Waals surface area contributed by atoms with Gasteiger partial charge in [0.1, 0.15) is 12.3 Å². The molecule has 0 unspecified atom stereocenters. The lowest BCUT2D eigenvalue weighted by Gasteiger charge is -2.10. The molecule has 0 radical (unpaired) electrons. The van der Waals surface area contributed by atoms with Crippen LogP contribution in [0.25, 0.3) is 6.08 Å². The Hall–Kier alpha value is -1.32. The predicted molar refractivity (Wildman–Crippen MR) is 93.1 cm³/mol. The third-order valence-electron chi connectivity index (χ3n) is 2.92. The maximum absolute atomic E-state index is 12.3.